The Bertz CT molecular complexity index is 1150. The average molecular weight is 550 g/mol. The fourth-order valence-electron chi connectivity index (χ4n) is 3.52. The quantitative estimate of drug-likeness (QED) is 0.505. The molecule has 1 fully saturated rings. The van der Waals surface area contributed by atoms with E-state index in [0.717, 1.165) is 36.4 Å². The van der Waals surface area contributed by atoms with E-state index in [1.807, 2.05) is 6.07 Å². The van der Waals surface area contributed by atoms with Gasteiger partial charge in [-0.1, -0.05) is 12.1 Å². The number of piperazine rings is 1. The van der Waals surface area contributed by atoms with Crippen LogP contribution in [0.3, 0.4) is 0 Å². The van der Waals surface area contributed by atoms with Crippen LogP contribution in [-0.2, 0) is 16.4 Å². The topological polar surface area (TPSA) is 65.5 Å². The molecule has 0 bridgehead atoms. The number of fused-ring (bicyclic) bond motifs is 1. The van der Waals surface area contributed by atoms with Gasteiger partial charge >= 0.3 is 0 Å². The lowest BCUT2D eigenvalue weighted by Gasteiger charge is -2.33. The van der Waals surface area contributed by atoms with E-state index in [0.29, 0.717) is 21.4 Å². The molecule has 1 aromatic carbocycles. The van der Waals surface area contributed by atoms with Gasteiger partial charge in [0.1, 0.15) is 16.5 Å². The summed E-state index contributed by atoms with van der Waals surface area (Å²) in [6.07, 6.45) is 2.21. The second-order valence-corrected chi connectivity index (χ2v) is 11.4. The molecule has 0 aliphatic carbocycles. The smallest absolute Gasteiger partial charge is 0.243 e. The fourth-order valence-corrected chi connectivity index (χ4v) is 7.41. The number of hydrogen-bond donors (Lipinski definition) is 1. The third kappa shape index (κ3) is 5.37. The van der Waals surface area contributed by atoms with Crippen molar-refractivity contribution < 1.29 is 12.8 Å². The first-order chi connectivity index (χ1) is 14.3. The summed E-state index contributed by atoms with van der Waals surface area (Å²) in [6.45, 7) is 3.63. The molecule has 3 aromatic rings. The van der Waals surface area contributed by atoms with Crippen LogP contribution in [0.2, 0.25) is 0 Å². The minimum atomic E-state index is -3.76. The largest absolute Gasteiger partial charge is 0.353 e. The molecule has 31 heavy (non-hydrogen) atoms. The van der Waals surface area contributed by atoms with Crippen molar-refractivity contribution in [3.05, 3.63) is 51.7 Å². The second-order valence-electron chi connectivity index (χ2n) is 7.28. The van der Waals surface area contributed by atoms with Crippen molar-refractivity contribution in [1.29, 1.82) is 0 Å². The summed E-state index contributed by atoms with van der Waals surface area (Å²) >= 11 is 4.86. The van der Waals surface area contributed by atoms with Gasteiger partial charge in [0, 0.05) is 43.6 Å². The molecule has 1 aliphatic rings. The van der Waals surface area contributed by atoms with Gasteiger partial charge in [0.15, 0.2) is 0 Å². The van der Waals surface area contributed by atoms with Crippen molar-refractivity contribution in [2.24, 2.45) is 0 Å². The first-order valence-electron chi connectivity index (χ1n) is 9.60. The lowest BCUT2D eigenvalue weighted by Crippen LogP contribution is -2.45. The zero-order valence-corrected chi connectivity index (χ0v) is 20.9. The van der Waals surface area contributed by atoms with Crippen LogP contribution in [0.4, 0.5) is 10.2 Å². The third-order valence-corrected chi connectivity index (χ3v) is 8.94. The van der Waals surface area contributed by atoms with Crippen LogP contribution in [0, 0.1) is 5.82 Å². The van der Waals surface area contributed by atoms with Crippen LogP contribution < -0.4 is 9.62 Å². The molecule has 11 heteroatoms. The normalized spacial score (nSPS) is 15.3. The molecule has 1 saturated heterocycles. The van der Waals surface area contributed by atoms with Gasteiger partial charge in [-0.2, -0.15) is 0 Å². The molecule has 0 unspecified atom stereocenters. The van der Waals surface area contributed by atoms with Crippen LogP contribution in [0.25, 0.3) is 10.1 Å². The number of sulfonamides is 1. The molecule has 2 aromatic heterocycles. The highest BCUT2D eigenvalue weighted by Gasteiger charge is 2.28. The lowest BCUT2D eigenvalue weighted by molar-refractivity contribution is 0.312. The van der Waals surface area contributed by atoms with Crippen LogP contribution in [0.15, 0.2) is 45.2 Å². The molecular formula is C20H23BrClFN4O2S2. The third-order valence-electron chi connectivity index (χ3n) is 5.19. The van der Waals surface area contributed by atoms with E-state index in [1.165, 1.54) is 23.5 Å². The van der Waals surface area contributed by atoms with Crippen molar-refractivity contribution in [1.82, 2.24) is 14.6 Å². The summed E-state index contributed by atoms with van der Waals surface area (Å²) in [5, 5.41) is 0.660. The van der Waals surface area contributed by atoms with Crippen molar-refractivity contribution in [3.63, 3.8) is 0 Å². The average Bonchev–Trinajstić information content (AvgIpc) is 3.07. The number of benzene rings is 1. The Morgan fingerprint density at radius 1 is 1.16 bits per heavy atom. The number of aromatic nitrogens is 1. The molecule has 0 atom stereocenters. The van der Waals surface area contributed by atoms with Crippen LogP contribution in [0.5, 0.6) is 0 Å². The minimum Gasteiger partial charge on any atom is -0.353 e. The molecule has 168 valence electrons. The molecule has 1 aliphatic heterocycles. The first kappa shape index (κ1) is 24.3. The summed E-state index contributed by atoms with van der Waals surface area (Å²) in [5.41, 5.74) is 0.869. The van der Waals surface area contributed by atoms with Crippen LogP contribution in [0.1, 0.15) is 5.56 Å². The highest BCUT2D eigenvalue weighted by Crippen LogP contribution is 2.42. The Hall–Kier alpha value is -1.30. The minimum absolute atomic E-state index is 0. The second kappa shape index (κ2) is 10.1. The summed E-state index contributed by atoms with van der Waals surface area (Å²) in [4.78, 5) is 9.18. The fraction of sp³-hybridized carbons (Fsp3) is 0.350. The van der Waals surface area contributed by atoms with Gasteiger partial charge in [-0.3, -0.25) is 0 Å². The SMILES string of the molecule is CN1CCN(c2nccc3sc(Br)c(S(=O)(=O)NCCc4ccc(F)cc4)c23)CC1.Cl. The number of nitrogens with one attached hydrogen (secondary N) is 1. The monoisotopic (exact) mass is 548 g/mol. The molecule has 0 spiro atoms. The van der Waals surface area contributed by atoms with E-state index in [4.69, 9.17) is 0 Å². The molecule has 0 radical (unpaired) electrons. The number of thiophene rings is 1. The summed E-state index contributed by atoms with van der Waals surface area (Å²) in [5.74, 6) is 0.401. The number of likely N-dealkylation sites (N-methyl/N-ethyl adjacent to an activating group) is 1. The molecule has 4 rings (SSSR count). The lowest BCUT2D eigenvalue weighted by atomic mass is 10.1. The highest BCUT2D eigenvalue weighted by molar-refractivity contribution is 9.11. The van der Waals surface area contributed by atoms with E-state index in [-0.39, 0.29) is 29.7 Å². The number of nitrogens with zero attached hydrogens (tertiary/aromatic N) is 3. The van der Waals surface area contributed by atoms with Gasteiger partial charge in [0.2, 0.25) is 10.0 Å². The Labute approximate surface area is 200 Å². The van der Waals surface area contributed by atoms with Crippen molar-refractivity contribution in [3.8, 4) is 0 Å². The van der Waals surface area contributed by atoms with E-state index < -0.39 is 10.0 Å². The number of hydrogen-bond acceptors (Lipinski definition) is 6. The first-order valence-corrected chi connectivity index (χ1v) is 12.7. The molecular weight excluding hydrogens is 527 g/mol. The summed E-state index contributed by atoms with van der Waals surface area (Å²) in [7, 11) is -1.69. The van der Waals surface area contributed by atoms with Gasteiger partial charge in [-0.25, -0.2) is 22.5 Å². The maximum atomic E-state index is 13.2. The number of halogens is 3. The van der Waals surface area contributed by atoms with E-state index in [9.17, 15) is 12.8 Å². The molecule has 6 nitrogen and oxygen atoms in total. The predicted molar refractivity (Wildman–Crippen MR) is 130 cm³/mol. The van der Waals surface area contributed by atoms with Crippen molar-refractivity contribution in [2.75, 3.05) is 44.7 Å². The van der Waals surface area contributed by atoms with Gasteiger partial charge in [-0.15, -0.1) is 23.7 Å². The predicted octanol–water partition coefficient (Wildman–Crippen LogP) is 3.89. The van der Waals surface area contributed by atoms with Gasteiger partial charge in [0.25, 0.3) is 0 Å². The summed E-state index contributed by atoms with van der Waals surface area (Å²) in [6, 6.07) is 7.92. The Balaban J connectivity index is 0.00000272. The highest BCUT2D eigenvalue weighted by atomic mass is 79.9. The number of anilines is 1. The summed E-state index contributed by atoms with van der Waals surface area (Å²) < 4.78 is 43.6. The number of rotatable bonds is 6. The maximum Gasteiger partial charge on any atom is 0.243 e. The van der Waals surface area contributed by atoms with Crippen LogP contribution >= 0.6 is 39.7 Å². The van der Waals surface area contributed by atoms with Crippen molar-refractivity contribution in [2.45, 2.75) is 11.3 Å². The van der Waals surface area contributed by atoms with E-state index in [1.54, 1.807) is 18.3 Å². The zero-order valence-electron chi connectivity index (χ0n) is 16.8. The van der Waals surface area contributed by atoms with Crippen LogP contribution in [-0.4, -0.2) is 58.1 Å². The number of pyridine rings is 1. The Morgan fingerprint density at radius 2 is 1.84 bits per heavy atom. The van der Waals surface area contributed by atoms with Gasteiger partial charge in [-0.05, 0) is 53.2 Å². The van der Waals surface area contributed by atoms with Gasteiger partial charge in [0.05, 0.1) is 9.17 Å². The Morgan fingerprint density at radius 3 is 2.52 bits per heavy atom. The van der Waals surface area contributed by atoms with Gasteiger partial charge < -0.3 is 9.80 Å². The molecule has 0 amide bonds. The van der Waals surface area contributed by atoms with E-state index in [2.05, 4.69) is 42.5 Å². The Kier molecular flexibility index (Phi) is 7.93. The molecule has 3 heterocycles. The van der Waals surface area contributed by atoms with Crippen molar-refractivity contribution >= 4 is 65.6 Å². The maximum absolute atomic E-state index is 13.2. The molecule has 1 N–H and O–H groups in total. The standard InChI is InChI=1S/C20H22BrFN4O2S2.ClH/c1-25-10-12-26(13-11-25)20-17-16(7-8-23-20)29-19(21)18(17)30(27,28)24-9-6-14-2-4-15(22)5-3-14;/h2-5,7-8,24H,6,9-13H2,1H3;1H. The zero-order chi connectivity index (χ0) is 21.3. The molecule has 0 saturated carbocycles. The van der Waals surface area contributed by atoms with E-state index >= 15 is 0 Å².